The van der Waals surface area contributed by atoms with Crippen molar-refractivity contribution < 1.29 is 9.53 Å². The van der Waals surface area contributed by atoms with Crippen molar-refractivity contribution in [3.63, 3.8) is 0 Å². The van der Waals surface area contributed by atoms with E-state index in [4.69, 9.17) is 4.74 Å². The highest BCUT2D eigenvalue weighted by Gasteiger charge is 2.29. The normalized spacial score (nSPS) is 18.4. The zero-order valence-corrected chi connectivity index (χ0v) is 15.5. The van der Waals surface area contributed by atoms with Gasteiger partial charge in [-0.1, -0.05) is 0 Å². The molecule has 1 aliphatic rings. The summed E-state index contributed by atoms with van der Waals surface area (Å²) in [6, 6.07) is 4.22. The molecule has 2 aromatic heterocycles. The van der Waals surface area contributed by atoms with Gasteiger partial charge in [0.1, 0.15) is 5.82 Å². The van der Waals surface area contributed by atoms with Crippen molar-refractivity contribution in [2.45, 2.75) is 32.2 Å². The SMILES string of the molecule is COCCN(C)C(=O)c1ccc2nnc(C3CCN(C(C)C)C3)n2c1. The molecule has 0 aromatic carbocycles. The fourth-order valence-electron chi connectivity index (χ4n) is 3.33. The number of amides is 1. The minimum absolute atomic E-state index is 0.0196. The molecule has 0 bridgehead atoms. The first-order chi connectivity index (χ1) is 12.0. The van der Waals surface area contributed by atoms with Crippen LogP contribution in [-0.4, -0.2) is 76.7 Å². The van der Waals surface area contributed by atoms with Gasteiger partial charge < -0.3 is 14.5 Å². The maximum atomic E-state index is 12.6. The second-order valence-corrected chi connectivity index (χ2v) is 7.00. The summed E-state index contributed by atoms with van der Waals surface area (Å²) < 4.78 is 7.03. The standard InChI is InChI=1S/C18H27N5O2/c1-13(2)22-8-7-14(11-22)17-20-19-16-6-5-15(12-23(16)17)18(24)21(3)9-10-25-4/h5-6,12-14H,7-11H2,1-4H3. The highest BCUT2D eigenvalue weighted by atomic mass is 16.5. The Morgan fingerprint density at radius 3 is 2.88 bits per heavy atom. The van der Waals surface area contributed by atoms with Gasteiger partial charge in [0.2, 0.25) is 0 Å². The second kappa shape index (κ2) is 7.49. The summed E-state index contributed by atoms with van der Waals surface area (Å²) in [6.45, 7) is 7.59. The molecule has 1 aliphatic heterocycles. The van der Waals surface area contributed by atoms with Crippen LogP contribution < -0.4 is 0 Å². The number of likely N-dealkylation sites (N-methyl/N-ethyl adjacent to an activating group) is 1. The second-order valence-electron chi connectivity index (χ2n) is 7.00. The number of aromatic nitrogens is 3. The molecule has 0 N–H and O–H groups in total. The summed E-state index contributed by atoms with van der Waals surface area (Å²) in [5.74, 6) is 1.29. The topological polar surface area (TPSA) is 63.0 Å². The molecule has 1 saturated heterocycles. The number of hydrogen-bond acceptors (Lipinski definition) is 5. The van der Waals surface area contributed by atoms with Crippen LogP contribution in [0.5, 0.6) is 0 Å². The summed E-state index contributed by atoms with van der Waals surface area (Å²) in [7, 11) is 3.42. The first kappa shape index (κ1) is 17.8. The van der Waals surface area contributed by atoms with Crippen LogP contribution in [0.25, 0.3) is 5.65 Å². The zero-order chi connectivity index (χ0) is 18.0. The van der Waals surface area contributed by atoms with E-state index in [9.17, 15) is 4.79 Å². The van der Waals surface area contributed by atoms with Crippen LogP contribution in [0.1, 0.15) is 42.4 Å². The fraction of sp³-hybridized carbons (Fsp3) is 0.611. The molecule has 2 aromatic rings. The van der Waals surface area contributed by atoms with Crippen LogP contribution >= 0.6 is 0 Å². The number of carbonyl (C=O) groups is 1. The van der Waals surface area contributed by atoms with Crippen molar-refractivity contribution in [2.75, 3.05) is 40.4 Å². The number of carbonyl (C=O) groups excluding carboxylic acids is 1. The average Bonchev–Trinajstić information content (AvgIpc) is 3.24. The number of pyridine rings is 1. The summed E-state index contributed by atoms with van der Waals surface area (Å²) in [5, 5.41) is 8.68. The lowest BCUT2D eigenvalue weighted by molar-refractivity contribution is 0.0743. The first-order valence-electron chi connectivity index (χ1n) is 8.84. The van der Waals surface area contributed by atoms with Crippen LogP contribution in [0, 0.1) is 0 Å². The number of ether oxygens (including phenoxy) is 1. The minimum Gasteiger partial charge on any atom is -0.383 e. The highest BCUT2D eigenvalue weighted by Crippen LogP contribution is 2.27. The Morgan fingerprint density at radius 2 is 2.20 bits per heavy atom. The van der Waals surface area contributed by atoms with Gasteiger partial charge in [0, 0.05) is 45.4 Å². The molecule has 3 heterocycles. The van der Waals surface area contributed by atoms with Crippen LogP contribution in [-0.2, 0) is 4.74 Å². The molecule has 1 atom stereocenters. The third-order valence-corrected chi connectivity index (χ3v) is 4.97. The summed E-state index contributed by atoms with van der Waals surface area (Å²) in [4.78, 5) is 16.7. The predicted molar refractivity (Wildman–Crippen MR) is 95.9 cm³/mol. The van der Waals surface area contributed by atoms with Crippen molar-refractivity contribution >= 4 is 11.6 Å². The van der Waals surface area contributed by atoms with Gasteiger partial charge in [0.05, 0.1) is 12.2 Å². The number of rotatable bonds is 6. The van der Waals surface area contributed by atoms with Crippen LogP contribution in [0.3, 0.4) is 0 Å². The molecule has 0 aliphatic carbocycles. The summed E-state index contributed by atoms with van der Waals surface area (Å²) in [6.07, 6.45) is 2.94. The molecule has 1 fully saturated rings. The van der Waals surface area contributed by atoms with Crippen molar-refractivity contribution in [2.24, 2.45) is 0 Å². The van der Waals surface area contributed by atoms with E-state index in [1.165, 1.54) is 0 Å². The van der Waals surface area contributed by atoms with Crippen LogP contribution in [0.2, 0.25) is 0 Å². The molecule has 1 unspecified atom stereocenters. The molecular weight excluding hydrogens is 318 g/mol. The van der Waals surface area contributed by atoms with Crippen molar-refractivity contribution in [3.05, 3.63) is 29.7 Å². The Hall–Kier alpha value is -1.99. The van der Waals surface area contributed by atoms with Gasteiger partial charge >= 0.3 is 0 Å². The van der Waals surface area contributed by atoms with Crippen LogP contribution in [0.4, 0.5) is 0 Å². The van der Waals surface area contributed by atoms with Gasteiger partial charge in [0.15, 0.2) is 5.65 Å². The van der Waals surface area contributed by atoms with Gasteiger partial charge in [-0.15, -0.1) is 10.2 Å². The molecular formula is C18H27N5O2. The maximum Gasteiger partial charge on any atom is 0.255 e. The minimum atomic E-state index is -0.0196. The van der Waals surface area contributed by atoms with E-state index in [0.29, 0.717) is 30.7 Å². The number of hydrogen-bond donors (Lipinski definition) is 0. The highest BCUT2D eigenvalue weighted by molar-refractivity contribution is 5.94. The Balaban J connectivity index is 1.84. The molecule has 7 nitrogen and oxygen atoms in total. The maximum absolute atomic E-state index is 12.6. The summed E-state index contributed by atoms with van der Waals surface area (Å²) in [5.41, 5.74) is 1.43. The third kappa shape index (κ3) is 3.67. The molecule has 136 valence electrons. The van der Waals surface area contributed by atoms with Gasteiger partial charge in [0.25, 0.3) is 5.91 Å². The fourth-order valence-corrected chi connectivity index (χ4v) is 3.33. The van der Waals surface area contributed by atoms with E-state index < -0.39 is 0 Å². The third-order valence-electron chi connectivity index (χ3n) is 4.97. The molecule has 1 amide bonds. The van der Waals surface area contributed by atoms with Gasteiger partial charge in [-0.2, -0.15) is 0 Å². The average molecular weight is 345 g/mol. The monoisotopic (exact) mass is 345 g/mol. The van der Waals surface area contributed by atoms with E-state index >= 15 is 0 Å². The van der Waals surface area contributed by atoms with E-state index in [0.717, 1.165) is 31.0 Å². The smallest absolute Gasteiger partial charge is 0.255 e. The van der Waals surface area contributed by atoms with Crippen molar-refractivity contribution in [1.82, 2.24) is 24.4 Å². The van der Waals surface area contributed by atoms with Crippen molar-refractivity contribution in [1.29, 1.82) is 0 Å². The van der Waals surface area contributed by atoms with Gasteiger partial charge in [-0.3, -0.25) is 9.20 Å². The zero-order valence-electron chi connectivity index (χ0n) is 15.5. The largest absolute Gasteiger partial charge is 0.383 e. The van der Waals surface area contributed by atoms with E-state index in [1.54, 1.807) is 19.1 Å². The van der Waals surface area contributed by atoms with E-state index in [1.807, 2.05) is 22.7 Å². The molecule has 0 saturated carbocycles. The lowest BCUT2D eigenvalue weighted by Gasteiger charge is -2.20. The molecule has 0 spiro atoms. The van der Waals surface area contributed by atoms with Crippen LogP contribution in [0.15, 0.2) is 18.3 Å². The molecule has 3 rings (SSSR count). The number of fused-ring (bicyclic) bond motifs is 1. The number of likely N-dealkylation sites (tertiary alicyclic amines) is 1. The molecule has 7 heteroatoms. The molecule has 25 heavy (non-hydrogen) atoms. The van der Waals surface area contributed by atoms with Gasteiger partial charge in [-0.25, -0.2) is 0 Å². The van der Waals surface area contributed by atoms with E-state index in [-0.39, 0.29) is 5.91 Å². The van der Waals surface area contributed by atoms with E-state index in [2.05, 4.69) is 28.9 Å². The Labute approximate surface area is 148 Å². The lowest BCUT2D eigenvalue weighted by Crippen LogP contribution is -2.30. The lowest BCUT2D eigenvalue weighted by atomic mass is 10.1. The molecule has 0 radical (unpaired) electrons. The Kier molecular flexibility index (Phi) is 5.34. The predicted octanol–water partition coefficient (Wildman–Crippen LogP) is 1.65. The first-order valence-corrected chi connectivity index (χ1v) is 8.84. The van der Waals surface area contributed by atoms with Gasteiger partial charge in [-0.05, 0) is 38.9 Å². The van der Waals surface area contributed by atoms with Crippen molar-refractivity contribution in [3.8, 4) is 0 Å². The Bertz CT molecular complexity index is 742. The number of nitrogens with zero attached hydrogens (tertiary/aromatic N) is 5. The quantitative estimate of drug-likeness (QED) is 0.796. The Morgan fingerprint density at radius 1 is 1.40 bits per heavy atom. The number of methoxy groups -OCH3 is 1. The summed E-state index contributed by atoms with van der Waals surface area (Å²) >= 11 is 0.